The molecule has 0 radical (unpaired) electrons. The summed E-state index contributed by atoms with van der Waals surface area (Å²) >= 11 is 0. The zero-order valence-electron chi connectivity index (χ0n) is 17.7. The molecule has 0 bridgehead atoms. The zero-order valence-corrected chi connectivity index (χ0v) is 17.7. The van der Waals surface area contributed by atoms with Gasteiger partial charge in [-0.1, -0.05) is 31.4 Å². The van der Waals surface area contributed by atoms with E-state index in [1.807, 2.05) is 13.1 Å². The van der Waals surface area contributed by atoms with Gasteiger partial charge in [0.05, 0.1) is 20.3 Å². The summed E-state index contributed by atoms with van der Waals surface area (Å²) in [6.45, 7) is 7.54. The van der Waals surface area contributed by atoms with Crippen molar-refractivity contribution in [3.63, 3.8) is 0 Å². The summed E-state index contributed by atoms with van der Waals surface area (Å²) in [5.74, 6) is 1.79. The summed E-state index contributed by atoms with van der Waals surface area (Å²) in [5.41, 5.74) is 2.61. The Morgan fingerprint density at radius 3 is 2.57 bits per heavy atom. The first-order valence-electron chi connectivity index (χ1n) is 10.6. The van der Waals surface area contributed by atoms with Crippen molar-refractivity contribution in [1.29, 1.82) is 0 Å². The molecular weight excluding hydrogens is 352 g/mol. The molecule has 0 atom stereocenters. The lowest BCUT2D eigenvalue weighted by Gasteiger charge is -2.48. The Kier molecular flexibility index (Phi) is 7.57. The van der Waals surface area contributed by atoms with E-state index >= 15 is 0 Å². The fraction of sp³-hybridized carbons (Fsp3) is 0.682. The summed E-state index contributed by atoms with van der Waals surface area (Å²) in [7, 11) is 3.55. The minimum atomic E-state index is 0.232. The number of benzene rings is 1. The average molecular weight is 389 g/mol. The molecule has 1 aromatic carbocycles. The van der Waals surface area contributed by atoms with Gasteiger partial charge in [0.15, 0.2) is 5.96 Å². The number of ether oxygens (including phenoxy) is 2. The Bertz CT molecular complexity index is 650. The van der Waals surface area contributed by atoms with Crippen LogP contribution in [0.4, 0.5) is 0 Å². The second kappa shape index (κ2) is 10.1. The smallest absolute Gasteiger partial charge is 0.191 e. The van der Waals surface area contributed by atoms with E-state index < -0.39 is 0 Å². The van der Waals surface area contributed by atoms with E-state index in [4.69, 9.17) is 9.47 Å². The van der Waals surface area contributed by atoms with Crippen molar-refractivity contribution in [2.75, 3.05) is 47.0 Å². The largest absolute Gasteiger partial charge is 0.496 e. The molecule has 6 nitrogen and oxygen atoms in total. The third kappa shape index (κ3) is 5.17. The Balaban J connectivity index is 1.57. The zero-order chi connectivity index (χ0) is 19.8. The number of nitrogens with zero attached hydrogens (tertiary/aromatic N) is 2. The van der Waals surface area contributed by atoms with Gasteiger partial charge in [-0.05, 0) is 37.0 Å². The van der Waals surface area contributed by atoms with Crippen LogP contribution in [-0.2, 0) is 11.3 Å². The van der Waals surface area contributed by atoms with Gasteiger partial charge in [-0.3, -0.25) is 9.89 Å². The monoisotopic (exact) mass is 388 g/mol. The van der Waals surface area contributed by atoms with Crippen molar-refractivity contribution < 1.29 is 9.47 Å². The molecule has 0 spiro atoms. The normalized spacial score (nSPS) is 20.6. The van der Waals surface area contributed by atoms with Crippen molar-refractivity contribution in [3.05, 3.63) is 29.3 Å². The van der Waals surface area contributed by atoms with Crippen molar-refractivity contribution in [2.24, 2.45) is 4.99 Å². The fourth-order valence-corrected chi connectivity index (χ4v) is 4.56. The molecule has 28 heavy (non-hydrogen) atoms. The van der Waals surface area contributed by atoms with Crippen molar-refractivity contribution in [1.82, 2.24) is 15.5 Å². The minimum Gasteiger partial charge on any atom is -0.496 e. The molecule has 1 aromatic rings. The Hall–Kier alpha value is -1.79. The molecule has 0 aromatic heterocycles. The third-order valence-corrected chi connectivity index (χ3v) is 6.19. The van der Waals surface area contributed by atoms with Crippen molar-refractivity contribution in [3.8, 4) is 5.75 Å². The van der Waals surface area contributed by atoms with Gasteiger partial charge in [0.1, 0.15) is 5.75 Å². The predicted molar refractivity (Wildman–Crippen MR) is 114 cm³/mol. The number of methoxy groups -OCH3 is 1. The van der Waals surface area contributed by atoms with Gasteiger partial charge >= 0.3 is 0 Å². The van der Waals surface area contributed by atoms with Crippen molar-refractivity contribution in [2.45, 2.75) is 51.1 Å². The summed E-state index contributed by atoms with van der Waals surface area (Å²) in [6.07, 6.45) is 6.51. The molecule has 156 valence electrons. The van der Waals surface area contributed by atoms with Gasteiger partial charge < -0.3 is 20.1 Å². The van der Waals surface area contributed by atoms with E-state index in [1.54, 1.807) is 7.11 Å². The maximum Gasteiger partial charge on any atom is 0.191 e. The van der Waals surface area contributed by atoms with Gasteiger partial charge in [0, 0.05) is 38.8 Å². The first-order valence-corrected chi connectivity index (χ1v) is 10.6. The van der Waals surface area contributed by atoms with Crippen molar-refractivity contribution >= 4 is 5.96 Å². The standard InChI is InChI=1S/C22H36N4O2/c1-18-15-19(7-8-20(18)27-3)16-24-21(23-2)25-17-22(9-5-4-6-10-22)26-11-13-28-14-12-26/h7-8,15H,4-6,9-14,16-17H2,1-3H3,(H2,23,24,25). The van der Waals surface area contributed by atoms with E-state index in [0.717, 1.165) is 56.7 Å². The van der Waals surface area contributed by atoms with Crippen LogP contribution in [0.1, 0.15) is 43.2 Å². The van der Waals surface area contributed by atoms with E-state index in [1.165, 1.54) is 37.7 Å². The summed E-state index contributed by atoms with van der Waals surface area (Å²) in [6, 6.07) is 6.29. The Morgan fingerprint density at radius 2 is 1.93 bits per heavy atom. The number of morpholine rings is 1. The van der Waals surface area contributed by atoms with Crippen LogP contribution in [0.25, 0.3) is 0 Å². The molecule has 3 rings (SSSR count). The summed E-state index contributed by atoms with van der Waals surface area (Å²) in [5, 5.41) is 7.08. The maximum atomic E-state index is 5.59. The highest BCUT2D eigenvalue weighted by Crippen LogP contribution is 2.33. The molecular formula is C22H36N4O2. The van der Waals surface area contributed by atoms with E-state index in [-0.39, 0.29) is 5.54 Å². The molecule has 1 heterocycles. The highest BCUT2D eigenvalue weighted by molar-refractivity contribution is 5.79. The molecule has 1 aliphatic heterocycles. The molecule has 1 saturated heterocycles. The molecule has 0 unspecified atom stereocenters. The third-order valence-electron chi connectivity index (χ3n) is 6.19. The van der Waals surface area contributed by atoms with Crippen LogP contribution >= 0.6 is 0 Å². The van der Waals surface area contributed by atoms with E-state index in [9.17, 15) is 0 Å². The lowest BCUT2D eigenvalue weighted by atomic mass is 9.80. The molecule has 2 aliphatic rings. The van der Waals surface area contributed by atoms with Crippen LogP contribution in [0.5, 0.6) is 5.75 Å². The number of hydrogen-bond acceptors (Lipinski definition) is 4. The molecule has 1 saturated carbocycles. The van der Waals surface area contributed by atoms with Crippen LogP contribution in [0.15, 0.2) is 23.2 Å². The minimum absolute atomic E-state index is 0.232. The molecule has 2 N–H and O–H groups in total. The van der Waals surface area contributed by atoms with Crippen LogP contribution < -0.4 is 15.4 Å². The van der Waals surface area contributed by atoms with E-state index in [0.29, 0.717) is 0 Å². The second-order valence-electron chi connectivity index (χ2n) is 7.97. The topological polar surface area (TPSA) is 58.1 Å². The van der Waals surface area contributed by atoms with Crippen LogP contribution in [0, 0.1) is 6.92 Å². The van der Waals surface area contributed by atoms with Gasteiger partial charge in [-0.15, -0.1) is 0 Å². The summed E-state index contributed by atoms with van der Waals surface area (Å²) < 4.78 is 10.9. The molecule has 1 aliphatic carbocycles. The second-order valence-corrected chi connectivity index (χ2v) is 7.97. The quantitative estimate of drug-likeness (QED) is 0.580. The molecule has 6 heteroatoms. The number of rotatable bonds is 6. The number of nitrogens with one attached hydrogen (secondary N) is 2. The molecule has 0 amide bonds. The first kappa shape index (κ1) is 20.9. The Labute approximate surface area is 169 Å². The van der Waals surface area contributed by atoms with Gasteiger partial charge in [0.25, 0.3) is 0 Å². The average Bonchev–Trinajstić information content (AvgIpc) is 2.75. The Morgan fingerprint density at radius 1 is 1.18 bits per heavy atom. The highest BCUT2D eigenvalue weighted by atomic mass is 16.5. The number of aliphatic imine (C=N–C) groups is 1. The fourth-order valence-electron chi connectivity index (χ4n) is 4.56. The van der Waals surface area contributed by atoms with Gasteiger partial charge in [0.2, 0.25) is 0 Å². The van der Waals surface area contributed by atoms with E-state index in [2.05, 4.69) is 39.6 Å². The number of hydrogen-bond donors (Lipinski definition) is 2. The number of aryl methyl sites for hydroxylation is 1. The van der Waals surface area contributed by atoms with Gasteiger partial charge in [-0.25, -0.2) is 0 Å². The first-order chi connectivity index (χ1) is 13.7. The SMILES string of the molecule is CN=C(NCc1ccc(OC)c(C)c1)NCC1(N2CCOCC2)CCCCC1. The summed E-state index contributed by atoms with van der Waals surface area (Å²) in [4.78, 5) is 7.10. The van der Waals surface area contributed by atoms with Gasteiger partial charge in [-0.2, -0.15) is 0 Å². The predicted octanol–water partition coefficient (Wildman–Crippen LogP) is 2.70. The number of guanidine groups is 1. The lowest BCUT2D eigenvalue weighted by molar-refractivity contribution is -0.0352. The maximum absolute atomic E-state index is 5.59. The van der Waals surface area contributed by atoms with Crippen LogP contribution in [0.3, 0.4) is 0 Å². The van der Waals surface area contributed by atoms with Crippen LogP contribution in [-0.4, -0.2) is 63.4 Å². The molecule has 2 fully saturated rings. The van der Waals surface area contributed by atoms with Crippen LogP contribution in [0.2, 0.25) is 0 Å². The lowest BCUT2D eigenvalue weighted by Crippen LogP contribution is -2.60. The highest BCUT2D eigenvalue weighted by Gasteiger charge is 2.38.